The van der Waals surface area contributed by atoms with Gasteiger partial charge in [0, 0.05) is 18.2 Å². The topological polar surface area (TPSA) is 103 Å². The lowest BCUT2D eigenvalue weighted by atomic mass is 9.78. The van der Waals surface area contributed by atoms with Gasteiger partial charge in [0.15, 0.2) is 5.69 Å². The van der Waals surface area contributed by atoms with Crippen LogP contribution in [0.2, 0.25) is 0 Å². The monoisotopic (exact) mass is 288 g/mol. The van der Waals surface area contributed by atoms with Crippen molar-refractivity contribution in [3.05, 3.63) is 27.9 Å². The summed E-state index contributed by atoms with van der Waals surface area (Å²) in [5.74, 6) is -0.436. The van der Waals surface area contributed by atoms with E-state index in [1.807, 2.05) is 0 Å². The number of nitro groups is 1. The standard InChI is InChI=1S/C11H16N4O3.ClH/c1-14-8(3-4-9(14)15(17)18)10(16)13-7-11(12)5-2-6-11;/h3-4H,2,5-7,12H2,1H3,(H,13,16);1H. The van der Waals surface area contributed by atoms with Crippen LogP contribution in [0.3, 0.4) is 0 Å². The van der Waals surface area contributed by atoms with Crippen molar-refractivity contribution >= 4 is 24.1 Å². The molecule has 1 aliphatic carbocycles. The molecule has 7 nitrogen and oxygen atoms in total. The van der Waals surface area contributed by atoms with Crippen molar-refractivity contribution in [1.29, 1.82) is 0 Å². The van der Waals surface area contributed by atoms with Crippen molar-refractivity contribution in [1.82, 2.24) is 9.88 Å². The van der Waals surface area contributed by atoms with Crippen LogP contribution in [0.1, 0.15) is 29.8 Å². The third-order valence-corrected chi connectivity index (χ3v) is 3.47. The molecule has 1 amide bonds. The summed E-state index contributed by atoms with van der Waals surface area (Å²) in [6, 6.07) is 2.76. The normalized spacial score (nSPS) is 16.1. The molecule has 1 saturated carbocycles. The SMILES string of the molecule is Cl.Cn1c(C(=O)NCC2(N)CCC2)ccc1[N+](=O)[O-]. The third kappa shape index (κ3) is 3.05. The Kier molecular flexibility index (Phi) is 4.54. The fraction of sp³-hybridized carbons (Fsp3) is 0.545. The number of aromatic nitrogens is 1. The smallest absolute Gasteiger partial charge is 0.323 e. The lowest BCUT2D eigenvalue weighted by Crippen LogP contribution is -2.55. The van der Waals surface area contributed by atoms with Crippen LogP contribution in [0.5, 0.6) is 0 Å². The molecule has 0 atom stereocenters. The molecule has 1 aromatic heterocycles. The summed E-state index contributed by atoms with van der Waals surface area (Å²) >= 11 is 0. The second-order valence-corrected chi connectivity index (χ2v) is 4.79. The lowest BCUT2D eigenvalue weighted by Gasteiger charge is -2.37. The van der Waals surface area contributed by atoms with Gasteiger partial charge in [-0.15, -0.1) is 12.4 Å². The number of hydrogen-bond donors (Lipinski definition) is 2. The van der Waals surface area contributed by atoms with E-state index in [2.05, 4.69) is 5.32 Å². The third-order valence-electron chi connectivity index (χ3n) is 3.47. The van der Waals surface area contributed by atoms with Crippen LogP contribution in [0.25, 0.3) is 0 Å². The zero-order valence-corrected chi connectivity index (χ0v) is 11.4. The minimum atomic E-state index is -0.521. The van der Waals surface area contributed by atoms with Crippen molar-refractivity contribution in [3.63, 3.8) is 0 Å². The number of nitrogens with two attached hydrogens (primary N) is 1. The average Bonchev–Trinajstić information content (AvgIpc) is 2.65. The maximum absolute atomic E-state index is 11.9. The molecule has 8 heteroatoms. The molecule has 0 unspecified atom stereocenters. The zero-order valence-electron chi connectivity index (χ0n) is 10.6. The van der Waals surface area contributed by atoms with Gasteiger partial charge >= 0.3 is 5.82 Å². The van der Waals surface area contributed by atoms with E-state index < -0.39 is 4.92 Å². The van der Waals surface area contributed by atoms with Crippen LogP contribution >= 0.6 is 12.4 Å². The number of rotatable bonds is 4. The predicted molar refractivity (Wildman–Crippen MR) is 72.4 cm³/mol. The number of halogens is 1. The van der Waals surface area contributed by atoms with Crippen molar-refractivity contribution in [2.45, 2.75) is 24.8 Å². The first-order valence-electron chi connectivity index (χ1n) is 5.80. The number of carbonyl (C=O) groups is 1. The highest BCUT2D eigenvalue weighted by molar-refractivity contribution is 5.93. The van der Waals surface area contributed by atoms with Gasteiger partial charge in [-0.2, -0.15) is 0 Å². The number of hydrogen-bond acceptors (Lipinski definition) is 4. The summed E-state index contributed by atoms with van der Waals surface area (Å²) in [6.45, 7) is 0.408. The molecule has 0 saturated heterocycles. The Morgan fingerprint density at radius 2 is 2.21 bits per heavy atom. The van der Waals surface area contributed by atoms with E-state index in [1.54, 1.807) is 0 Å². The molecular weight excluding hydrogens is 272 g/mol. The van der Waals surface area contributed by atoms with Gasteiger partial charge in [-0.1, -0.05) is 0 Å². The molecule has 0 aromatic carbocycles. The maximum atomic E-state index is 11.9. The van der Waals surface area contributed by atoms with Crippen LogP contribution in [0, 0.1) is 10.1 Å². The van der Waals surface area contributed by atoms with Gasteiger partial charge in [-0.05, 0) is 30.3 Å². The van der Waals surface area contributed by atoms with E-state index in [1.165, 1.54) is 23.7 Å². The maximum Gasteiger partial charge on any atom is 0.323 e. The highest BCUT2D eigenvalue weighted by atomic mass is 35.5. The summed E-state index contributed by atoms with van der Waals surface area (Å²) in [5, 5.41) is 13.4. The van der Waals surface area contributed by atoms with Crippen LogP contribution in [0.4, 0.5) is 5.82 Å². The number of nitrogens with zero attached hydrogens (tertiary/aromatic N) is 2. The van der Waals surface area contributed by atoms with E-state index in [9.17, 15) is 14.9 Å². The van der Waals surface area contributed by atoms with Gasteiger partial charge in [0.1, 0.15) is 0 Å². The molecule has 0 spiro atoms. The van der Waals surface area contributed by atoms with E-state index in [4.69, 9.17) is 5.73 Å². The van der Waals surface area contributed by atoms with Crippen LogP contribution in [-0.4, -0.2) is 27.5 Å². The molecule has 1 aromatic rings. The quantitative estimate of drug-likeness (QED) is 0.636. The van der Waals surface area contributed by atoms with E-state index in [-0.39, 0.29) is 35.4 Å². The minimum absolute atomic E-state index is 0. The molecule has 1 heterocycles. The first-order valence-corrected chi connectivity index (χ1v) is 5.80. The van der Waals surface area contributed by atoms with Crippen molar-refractivity contribution < 1.29 is 9.72 Å². The highest BCUT2D eigenvalue weighted by Gasteiger charge is 2.33. The van der Waals surface area contributed by atoms with E-state index >= 15 is 0 Å². The summed E-state index contributed by atoms with van der Waals surface area (Å²) in [6.07, 6.45) is 2.89. The lowest BCUT2D eigenvalue weighted by molar-refractivity contribution is -0.391. The van der Waals surface area contributed by atoms with Crippen LogP contribution in [-0.2, 0) is 7.05 Å². The Morgan fingerprint density at radius 1 is 1.58 bits per heavy atom. The van der Waals surface area contributed by atoms with Gasteiger partial charge in [0.2, 0.25) is 0 Å². The molecule has 2 rings (SSSR count). The first kappa shape index (κ1) is 15.5. The summed E-state index contributed by atoms with van der Waals surface area (Å²) in [4.78, 5) is 22.0. The Hall–Kier alpha value is -1.60. The molecule has 19 heavy (non-hydrogen) atoms. The largest absolute Gasteiger partial charge is 0.358 e. The fourth-order valence-electron chi connectivity index (χ4n) is 2.07. The fourth-order valence-corrected chi connectivity index (χ4v) is 2.07. The Labute approximate surface area is 116 Å². The molecule has 0 bridgehead atoms. The Bertz CT molecular complexity index is 496. The molecule has 3 N–H and O–H groups in total. The van der Waals surface area contributed by atoms with Crippen LogP contribution in [0.15, 0.2) is 12.1 Å². The second-order valence-electron chi connectivity index (χ2n) is 4.79. The van der Waals surface area contributed by atoms with E-state index in [0.717, 1.165) is 19.3 Å². The van der Waals surface area contributed by atoms with Gasteiger partial charge in [0.05, 0.1) is 7.05 Å². The summed E-state index contributed by atoms with van der Waals surface area (Å²) < 4.78 is 1.26. The van der Waals surface area contributed by atoms with Crippen LogP contribution < -0.4 is 11.1 Å². The average molecular weight is 289 g/mol. The molecule has 106 valence electrons. The molecule has 1 aliphatic rings. The number of nitrogens with one attached hydrogen (secondary N) is 1. The molecule has 1 fully saturated rings. The number of carbonyl (C=O) groups excluding carboxylic acids is 1. The van der Waals surface area contributed by atoms with Crippen molar-refractivity contribution in [2.24, 2.45) is 12.8 Å². The Balaban J connectivity index is 0.00000180. The first-order chi connectivity index (χ1) is 8.43. The van der Waals surface area contributed by atoms with Gasteiger partial charge in [0.25, 0.3) is 5.91 Å². The van der Waals surface area contributed by atoms with Gasteiger partial charge < -0.3 is 21.2 Å². The number of amides is 1. The van der Waals surface area contributed by atoms with Crippen molar-refractivity contribution in [3.8, 4) is 0 Å². The highest BCUT2D eigenvalue weighted by Crippen LogP contribution is 2.28. The van der Waals surface area contributed by atoms with Gasteiger partial charge in [-0.25, -0.2) is 4.57 Å². The molecular formula is C11H17ClN4O3. The predicted octanol–water partition coefficient (Wildman–Crippen LogP) is 0.966. The molecule has 0 aliphatic heterocycles. The van der Waals surface area contributed by atoms with Gasteiger partial charge in [-0.3, -0.25) is 4.79 Å². The molecule has 0 radical (unpaired) electrons. The zero-order chi connectivity index (χ0) is 13.3. The second kappa shape index (κ2) is 5.58. The van der Waals surface area contributed by atoms with Crippen molar-refractivity contribution in [2.75, 3.05) is 6.54 Å². The Morgan fingerprint density at radius 3 is 2.63 bits per heavy atom. The summed E-state index contributed by atoms with van der Waals surface area (Å²) in [5.41, 5.74) is 5.96. The van der Waals surface area contributed by atoms with E-state index in [0.29, 0.717) is 6.54 Å². The minimum Gasteiger partial charge on any atom is -0.358 e. The summed E-state index contributed by atoms with van der Waals surface area (Å²) in [7, 11) is 1.49.